The third kappa shape index (κ3) is 3.67. The lowest BCUT2D eigenvalue weighted by molar-refractivity contribution is 0.453. The molecule has 0 aliphatic carbocycles. The van der Waals surface area contributed by atoms with Crippen LogP contribution in [0.3, 0.4) is 0 Å². The summed E-state index contributed by atoms with van der Waals surface area (Å²) in [5.74, 6) is 2.13. The number of ether oxygens (including phenoxy) is 1. The lowest BCUT2D eigenvalue weighted by Gasteiger charge is -2.29. The van der Waals surface area contributed by atoms with Crippen molar-refractivity contribution in [2.75, 3.05) is 36.4 Å². The van der Waals surface area contributed by atoms with Gasteiger partial charge in [-0.2, -0.15) is 0 Å². The van der Waals surface area contributed by atoms with Crippen molar-refractivity contribution in [2.45, 2.75) is 6.92 Å². The Morgan fingerprint density at radius 2 is 1.80 bits per heavy atom. The van der Waals surface area contributed by atoms with Gasteiger partial charge in [0.05, 0.1) is 12.4 Å². The highest BCUT2D eigenvalue weighted by Crippen LogP contribution is 2.28. The first-order valence-corrected chi connectivity index (χ1v) is 10.2. The van der Waals surface area contributed by atoms with Crippen molar-refractivity contribution in [3.8, 4) is 11.6 Å². The van der Waals surface area contributed by atoms with Gasteiger partial charge in [0.1, 0.15) is 17.6 Å². The standard InChI is InChI=1S/C23H24N6O/c1-17-4-2-3-5-20(17)27-23-21-14-25-16-29(21)22(15-26-23)30-19-8-6-18(7-9-19)28-12-10-24-11-13-28/h2-9,14-16,24H,10-13H2,1H3,(H,26,27). The number of rotatable bonds is 5. The zero-order valence-corrected chi connectivity index (χ0v) is 16.9. The van der Waals surface area contributed by atoms with Crippen LogP contribution in [0.15, 0.2) is 67.3 Å². The van der Waals surface area contributed by atoms with Gasteiger partial charge in [-0.15, -0.1) is 0 Å². The van der Waals surface area contributed by atoms with E-state index in [2.05, 4.69) is 50.6 Å². The Labute approximate surface area is 175 Å². The maximum absolute atomic E-state index is 6.12. The zero-order chi connectivity index (χ0) is 20.3. The molecule has 0 atom stereocenters. The van der Waals surface area contributed by atoms with Crippen LogP contribution in [0, 0.1) is 6.92 Å². The number of nitrogens with one attached hydrogen (secondary N) is 2. The summed E-state index contributed by atoms with van der Waals surface area (Å²) in [4.78, 5) is 11.3. The minimum absolute atomic E-state index is 0.618. The van der Waals surface area contributed by atoms with Crippen molar-refractivity contribution in [3.63, 3.8) is 0 Å². The van der Waals surface area contributed by atoms with Gasteiger partial charge in [-0.3, -0.25) is 4.40 Å². The number of nitrogens with zero attached hydrogens (tertiary/aromatic N) is 4. The maximum Gasteiger partial charge on any atom is 0.224 e. The Hall–Kier alpha value is -3.58. The van der Waals surface area contributed by atoms with Gasteiger partial charge in [-0.25, -0.2) is 9.97 Å². The van der Waals surface area contributed by atoms with Crippen LogP contribution in [-0.2, 0) is 0 Å². The summed E-state index contributed by atoms with van der Waals surface area (Å²) in [7, 11) is 0. The lowest BCUT2D eigenvalue weighted by Crippen LogP contribution is -2.43. The molecule has 5 rings (SSSR count). The molecule has 1 aliphatic rings. The normalized spacial score (nSPS) is 14.1. The second-order valence-electron chi connectivity index (χ2n) is 7.37. The molecule has 2 N–H and O–H groups in total. The van der Waals surface area contributed by atoms with Crippen molar-refractivity contribution < 1.29 is 4.74 Å². The number of piperazine rings is 1. The van der Waals surface area contributed by atoms with Crippen molar-refractivity contribution in [1.82, 2.24) is 19.7 Å². The predicted molar refractivity (Wildman–Crippen MR) is 119 cm³/mol. The topological polar surface area (TPSA) is 66.7 Å². The van der Waals surface area contributed by atoms with Crippen molar-refractivity contribution in [2.24, 2.45) is 0 Å². The highest BCUT2D eigenvalue weighted by molar-refractivity contribution is 5.74. The SMILES string of the molecule is Cc1ccccc1Nc1ncc(Oc2ccc(N3CCNCC3)cc2)n2cncc12. The van der Waals surface area contributed by atoms with Gasteiger partial charge in [-0.05, 0) is 42.8 Å². The number of benzene rings is 2. The third-order valence-electron chi connectivity index (χ3n) is 5.36. The first kappa shape index (κ1) is 18.4. The summed E-state index contributed by atoms with van der Waals surface area (Å²) in [6.07, 6.45) is 5.25. The van der Waals surface area contributed by atoms with Gasteiger partial charge in [0, 0.05) is 37.6 Å². The Kier molecular flexibility index (Phi) is 4.94. The van der Waals surface area contributed by atoms with E-state index < -0.39 is 0 Å². The molecule has 1 fully saturated rings. The Morgan fingerprint density at radius 3 is 2.60 bits per heavy atom. The molecular formula is C23H24N6O. The van der Waals surface area contributed by atoms with Gasteiger partial charge < -0.3 is 20.3 Å². The number of fused-ring (bicyclic) bond motifs is 1. The van der Waals surface area contributed by atoms with E-state index in [0.29, 0.717) is 5.88 Å². The molecule has 0 bridgehead atoms. The summed E-state index contributed by atoms with van der Waals surface area (Å²) in [5.41, 5.74) is 4.24. The molecule has 4 aromatic rings. The van der Waals surface area contributed by atoms with E-state index in [1.54, 1.807) is 18.7 Å². The van der Waals surface area contributed by atoms with Gasteiger partial charge in [-0.1, -0.05) is 18.2 Å². The number of para-hydroxylation sites is 1. The molecule has 2 aromatic carbocycles. The molecule has 0 amide bonds. The van der Waals surface area contributed by atoms with Crippen molar-refractivity contribution in [1.29, 1.82) is 0 Å². The molecule has 0 radical (unpaired) electrons. The largest absolute Gasteiger partial charge is 0.439 e. The molecule has 30 heavy (non-hydrogen) atoms. The first-order chi connectivity index (χ1) is 14.8. The molecular weight excluding hydrogens is 376 g/mol. The quantitative estimate of drug-likeness (QED) is 0.528. The molecule has 7 heteroatoms. The third-order valence-corrected chi connectivity index (χ3v) is 5.36. The van der Waals surface area contributed by atoms with Crippen LogP contribution in [0.1, 0.15) is 5.56 Å². The average molecular weight is 400 g/mol. The van der Waals surface area contributed by atoms with E-state index in [1.807, 2.05) is 34.7 Å². The number of aromatic nitrogens is 3. The van der Waals surface area contributed by atoms with Crippen LogP contribution >= 0.6 is 0 Å². The number of anilines is 3. The Morgan fingerprint density at radius 1 is 1.00 bits per heavy atom. The summed E-state index contributed by atoms with van der Waals surface area (Å²) < 4.78 is 8.02. The van der Waals surface area contributed by atoms with Crippen LogP contribution in [0.2, 0.25) is 0 Å². The van der Waals surface area contributed by atoms with Crippen LogP contribution in [0.25, 0.3) is 5.52 Å². The molecule has 152 valence electrons. The molecule has 2 aromatic heterocycles. The molecule has 0 saturated carbocycles. The second-order valence-corrected chi connectivity index (χ2v) is 7.37. The molecule has 3 heterocycles. The van der Waals surface area contributed by atoms with E-state index >= 15 is 0 Å². The highest BCUT2D eigenvalue weighted by atomic mass is 16.5. The number of hydrogen-bond donors (Lipinski definition) is 2. The van der Waals surface area contributed by atoms with Gasteiger partial charge in [0.2, 0.25) is 5.88 Å². The fraction of sp³-hybridized carbons (Fsp3) is 0.217. The van der Waals surface area contributed by atoms with E-state index in [0.717, 1.165) is 54.5 Å². The summed E-state index contributed by atoms with van der Waals surface area (Å²) in [6.45, 7) is 6.15. The molecule has 0 spiro atoms. The molecule has 1 aliphatic heterocycles. The second kappa shape index (κ2) is 8.04. The van der Waals surface area contributed by atoms with E-state index in [-0.39, 0.29) is 0 Å². The first-order valence-electron chi connectivity index (χ1n) is 10.2. The van der Waals surface area contributed by atoms with E-state index in [9.17, 15) is 0 Å². The zero-order valence-electron chi connectivity index (χ0n) is 16.9. The smallest absolute Gasteiger partial charge is 0.224 e. The predicted octanol–water partition coefficient (Wildman–Crippen LogP) is 3.98. The fourth-order valence-electron chi connectivity index (χ4n) is 3.68. The molecule has 1 saturated heterocycles. The number of hydrogen-bond acceptors (Lipinski definition) is 6. The van der Waals surface area contributed by atoms with Gasteiger partial charge in [0.15, 0.2) is 5.82 Å². The monoisotopic (exact) mass is 400 g/mol. The van der Waals surface area contributed by atoms with E-state index in [4.69, 9.17) is 4.74 Å². The summed E-state index contributed by atoms with van der Waals surface area (Å²) in [6, 6.07) is 16.3. The minimum atomic E-state index is 0.618. The lowest BCUT2D eigenvalue weighted by atomic mass is 10.2. The summed E-state index contributed by atoms with van der Waals surface area (Å²) >= 11 is 0. The average Bonchev–Trinajstić information content (AvgIpc) is 3.29. The van der Waals surface area contributed by atoms with Crippen LogP contribution in [-0.4, -0.2) is 40.5 Å². The Bertz CT molecular complexity index is 1150. The van der Waals surface area contributed by atoms with Gasteiger partial charge >= 0.3 is 0 Å². The number of imidazole rings is 1. The molecule has 0 unspecified atom stereocenters. The van der Waals surface area contributed by atoms with Crippen molar-refractivity contribution >= 4 is 22.7 Å². The van der Waals surface area contributed by atoms with E-state index in [1.165, 1.54) is 5.69 Å². The van der Waals surface area contributed by atoms with Gasteiger partial charge in [0.25, 0.3) is 0 Å². The minimum Gasteiger partial charge on any atom is -0.439 e. The van der Waals surface area contributed by atoms with Crippen LogP contribution in [0.4, 0.5) is 17.2 Å². The van der Waals surface area contributed by atoms with Crippen LogP contribution in [0.5, 0.6) is 11.6 Å². The Balaban J connectivity index is 1.38. The number of aryl methyl sites for hydroxylation is 1. The maximum atomic E-state index is 6.12. The summed E-state index contributed by atoms with van der Waals surface area (Å²) in [5, 5.41) is 6.78. The fourth-order valence-corrected chi connectivity index (χ4v) is 3.68. The molecule has 7 nitrogen and oxygen atoms in total. The van der Waals surface area contributed by atoms with Crippen molar-refractivity contribution in [3.05, 3.63) is 72.8 Å². The highest BCUT2D eigenvalue weighted by Gasteiger charge is 2.13. The van der Waals surface area contributed by atoms with Crippen LogP contribution < -0.4 is 20.3 Å².